The van der Waals surface area contributed by atoms with Crippen LogP contribution in [0.4, 0.5) is 13.2 Å². The quantitative estimate of drug-likeness (QED) is 0.510. The number of nitrogens with zero attached hydrogens (tertiary/aromatic N) is 1. The number of benzene rings is 2. The first-order valence-corrected chi connectivity index (χ1v) is 12.6. The van der Waals surface area contributed by atoms with Crippen molar-refractivity contribution >= 4 is 16.0 Å². The summed E-state index contributed by atoms with van der Waals surface area (Å²) in [7, 11) is -0.491. The Morgan fingerprint density at radius 3 is 2.19 bits per heavy atom. The molecular formula is C24H28F3NO7S. The van der Waals surface area contributed by atoms with Gasteiger partial charge in [0.1, 0.15) is 0 Å². The minimum Gasteiger partial charge on any atom is -0.493 e. The first-order chi connectivity index (χ1) is 16.8. The molecule has 198 valence electrons. The summed E-state index contributed by atoms with van der Waals surface area (Å²) in [5, 5.41) is -1.42. The van der Waals surface area contributed by atoms with Crippen LogP contribution in [0.15, 0.2) is 36.4 Å². The van der Waals surface area contributed by atoms with Gasteiger partial charge in [-0.1, -0.05) is 25.1 Å². The molecule has 1 aliphatic heterocycles. The van der Waals surface area contributed by atoms with Crippen molar-refractivity contribution in [2.45, 2.75) is 36.6 Å². The van der Waals surface area contributed by atoms with E-state index in [4.69, 9.17) is 14.2 Å². The normalized spacial score (nSPS) is 19.2. The first kappa shape index (κ1) is 27.6. The van der Waals surface area contributed by atoms with Crippen molar-refractivity contribution in [3.8, 4) is 17.2 Å². The maximum atomic E-state index is 13.5. The lowest BCUT2D eigenvalue weighted by atomic mass is 9.75. The molecule has 1 fully saturated rings. The van der Waals surface area contributed by atoms with Crippen LogP contribution < -0.4 is 14.2 Å². The summed E-state index contributed by atoms with van der Waals surface area (Å²) in [5.41, 5.74) is -2.16. The molecule has 12 heteroatoms. The smallest absolute Gasteiger partial charge is 0.416 e. The van der Waals surface area contributed by atoms with E-state index < -0.39 is 38.4 Å². The minimum absolute atomic E-state index is 0.0305. The van der Waals surface area contributed by atoms with Gasteiger partial charge in [-0.05, 0) is 36.6 Å². The number of ether oxygens (including phenoxy) is 3. The lowest BCUT2D eigenvalue weighted by Gasteiger charge is -2.36. The first-order valence-electron chi connectivity index (χ1n) is 11.1. The number of carbonyl (C=O) groups excluding carboxylic acids is 1. The van der Waals surface area contributed by atoms with E-state index in [1.807, 2.05) is 0 Å². The Hall–Kier alpha value is -2.99. The molecular weight excluding hydrogens is 503 g/mol. The SMILES string of the molecule is CCC(C1(c2cccc(C(F)(F)F)c2)CCN(C(=O)c2cc(OC)c(OC)c(OC)c2)C1)S(=O)(=O)O. The van der Waals surface area contributed by atoms with Crippen LogP contribution in [-0.2, 0) is 21.7 Å². The van der Waals surface area contributed by atoms with E-state index >= 15 is 0 Å². The molecule has 1 aliphatic rings. The number of halogens is 3. The molecule has 36 heavy (non-hydrogen) atoms. The lowest BCUT2D eigenvalue weighted by molar-refractivity contribution is -0.137. The molecule has 1 amide bonds. The average Bonchev–Trinajstić information content (AvgIpc) is 3.27. The number of rotatable bonds is 8. The number of carbonyl (C=O) groups is 1. The zero-order valence-electron chi connectivity index (χ0n) is 20.3. The highest BCUT2D eigenvalue weighted by Gasteiger charge is 2.52. The molecule has 8 nitrogen and oxygen atoms in total. The van der Waals surface area contributed by atoms with Crippen molar-refractivity contribution < 1.29 is 45.1 Å². The lowest BCUT2D eigenvalue weighted by Crippen LogP contribution is -2.47. The Bertz CT molecular complexity index is 1210. The second kappa shape index (κ2) is 10.2. The van der Waals surface area contributed by atoms with Crippen molar-refractivity contribution in [2.75, 3.05) is 34.4 Å². The third-order valence-electron chi connectivity index (χ3n) is 6.61. The summed E-state index contributed by atoms with van der Waals surface area (Å²) in [5.74, 6) is 0.225. The summed E-state index contributed by atoms with van der Waals surface area (Å²) in [6, 6.07) is 7.25. The summed E-state index contributed by atoms with van der Waals surface area (Å²) in [6.45, 7) is 1.36. The molecule has 0 saturated carbocycles. The largest absolute Gasteiger partial charge is 0.493 e. The number of hydrogen-bond donors (Lipinski definition) is 1. The molecule has 0 radical (unpaired) electrons. The van der Waals surface area contributed by atoms with Crippen molar-refractivity contribution in [1.82, 2.24) is 4.90 Å². The molecule has 0 spiro atoms. The Kier molecular flexibility index (Phi) is 7.80. The van der Waals surface area contributed by atoms with Gasteiger partial charge in [-0.3, -0.25) is 9.35 Å². The summed E-state index contributed by atoms with van der Waals surface area (Å²) in [4.78, 5) is 14.8. The van der Waals surface area contributed by atoms with Crippen molar-refractivity contribution in [2.24, 2.45) is 0 Å². The fourth-order valence-electron chi connectivity index (χ4n) is 4.97. The van der Waals surface area contributed by atoms with Gasteiger partial charge in [0.25, 0.3) is 16.0 Å². The van der Waals surface area contributed by atoms with Crippen LogP contribution in [0.2, 0.25) is 0 Å². The van der Waals surface area contributed by atoms with E-state index in [9.17, 15) is 30.9 Å². The van der Waals surface area contributed by atoms with E-state index in [1.54, 1.807) is 0 Å². The predicted octanol–water partition coefficient (Wildman–Crippen LogP) is 4.18. The van der Waals surface area contributed by atoms with Gasteiger partial charge in [0.2, 0.25) is 5.75 Å². The van der Waals surface area contributed by atoms with Gasteiger partial charge in [-0.15, -0.1) is 0 Å². The number of alkyl halides is 3. The number of methoxy groups -OCH3 is 3. The highest BCUT2D eigenvalue weighted by Crippen LogP contribution is 2.45. The molecule has 2 atom stereocenters. The topological polar surface area (TPSA) is 102 Å². The van der Waals surface area contributed by atoms with Gasteiger partial charge in [-0.25, -0.2) is 0 Å². The highest BCUT2D eigenvalue weighted by molar-refractivity contribution is 7.86. The van der Waals surface area contributed by atoms with Crippen LogP contribution in [0.25, 0.3) is 0 Å². The maximum absolute atomic E-state index is 13.5. The van der Waals surface area contributed by atoms with Gasteiger partial charge in [-0.2, -0.15) is 21.6 Å². The molecule has 1 saturated heterocycles. The molecule has 2 aromatic carbocycles. The summed E-state index contributed by atoms with van der Waals surface area (Å²) in [6.07, 6.45) is -4.69. The molecule has 1 heterocycles. The van der Waals surface area contributed by atoms with Crippen LogP contribution in [-0.4, -0.2) is 63.4 Å². The van der Waals surface area contributed by atoms with Gasteiger partial charge >= 0.3 is 6.18 Å². The van der Waals surface area contributed by atoms with Crippen LogP contribution >= 0.6 is 0 Å². The Morgan fingerprint density at radius 2 is 1.72 bits per heavy atom. The van der Waals surface area contributed by atoms with E-state index in [1.165, 1.54) is 57.4 Å². The van der Waals surface area contributed by atoms with E-state index in [0.717, 1.165) is 12.1 Å². The Labute approximate surface area is 207 Å². The standard InChI is InChI=1S/C24H28F3NO7S/c1-5-20(36(30,31)32)23(16-7-6-8-17(13-16)24(25,26)27)9-10-28(14-23)22(29)15-11-18(33-2)21(35-4)19(12-15)34-3/h6-8,11-13,20H,5,9-10,14H2,1-4H3,(H,30,31,32). The molecule has 2 aromatic rings. The van der Waals surface area contributed by atoms with E-state index in [-0.39, 0.29) is 54.3 Å². The van der Waals surface area contributed by atoms with E-state index in [0.29, 0.717) is 0 Å². The zero-order chi connectivity index (χ0) is 26.9. The van der Waals surface area contributed by atoms with Gasteiger partial charge < -0.3 is 19.1 Å². The number of hydrogen-bond acceptors (Lipinski definition) is 6. The summed E-state index contributed by atoms with van der Waals surface area (Å²) < 4.78 is 91.0. The number of amides is 1. The Morgan fingerprint density at radius 1 is 1.11 bits per heavy atom. The highest BCUT2D eigenvalue weighted by atomic mass is 32.2. The summed E-state index contributed by atoms with van der Waals surface area (Å²) >= 11 is 0. The molecule has 0 aliphatic carbocycles. The van der Waals surface area contributed by atoms with Crippen LogP contribution in [0.1, 0.15) is 41.3 Å². The molecule has 3 rings (SSSR count). The molecule has 2 unspecified atom stereocenters. The second-order valence-electron chi connectivity index (χ2n) is 8.54. The molecule has 0 aromatic heterocycles. The van der Waals surface area contributed by atoms with Crippen molar-refractivity contribution in [1.29, 1.82) is 0 Å². The minimum atomic E-state index is -4.67. The molecule has 0 bridgehead atoms. The monoisotopic (exact) mass is 531 g/mol. The van der Waals surface area contributed by atoms with Gasteiger partial charge in [0.05, 0.1) is 32.1 Å². The van der Waals surface area contributed by atoms with E-state index in [2.05, 4.69) is 0 Å². The fraction of sp³-hybridized carbons (Fsp3) is 0.458. The van der Waals surface area contributed by atoms with Crippen molar-refractivity contribution in [3.63, 3.8) is 0 Å². The maximum Gasteiger partial charge on any atom is 0.416 e. The van der Waals surface area contributed by atoms with Crippen LogP contribution in [0.3, 0.4) is 0 Å². The third kappa shape index (κ3) is 5.10. The zero-order valence-corrected chi connectivity index (χ0v) is 21.1. The Balaban J connectivity index is 2.10. The predicted molar refractivity (Wildman–Crippen MR) is 125 cm³/mol. The fourth-order valence-corrected chi connectivity index (χ4v) is 6.29. The van der Waals surface area contributed by atoms with Crippen molar-refractivity contribution in [3.05, 3.63) is 53.1 Å². The van der Waals surface area contributed by atoms with Crippen LogP contribution in [0.5, 0.6) is 17.2 Å². The van der Waals surface area contributed by atoms with Gasteiger partial charge in [0.15, 0.2) is 11.5 Å². The van der Waals surface area contributed by atoms with Crippen LogP contribution in [0, 0.1) is 0 Å². The second-order valence-corrected chi connectivity index (χ2v) is 10.1. The third-order valence-corrected chi connectivity index (χ3v) is 8.11. The number of likely N-dealkylation sites (tertiary alicyclic amines) is 1. The van der Waals surface area contributed by atoms with Gasteiger partial charge in [0, 0.05) is 24.1 Å². The molecule has 1 N–H and O–H groups in total. The average molecular weight is 532 g/mol.